The third-order valence-corrected chi connectivity index (χ3v) is 3.55. The zero-order valence-corrected chi connectivity index (χ0v) is 13.9. The van der Waals surface area contributed by atoms with Crippen LogP contribution in [0.25, 0.3) is 0 Å². The standard InChI is InChI=1S/C18H22N2O3/c1-20(2)15-8-6-14(7-9-15)18(21)19-12-13-5-10-16(22-3)17(11-13)23-4/h5-11H,12H2,1-4H3,(H,19,21). The molecule has 5 heteroatoms. The predicted octanol–water partition coefficient (Wildman–Crippen LogP) is 2.70. The molecule has 0 atom stereocenters. The number of methoxy groups -OCH3 is 2. The molecule has 122 valence electrons. The fourth-order valence-corrected chi connectivity index (χ4v) is 2.19. The normalized spacial score (nSPS) is 10.1. The Balaban J connectivity index is 2.01. The number of nitrogens with one attached hydrogen (secondary N) is 1. The van der Waals surface area contributed by atoms with E-state index < -0.39 is 0 Å². The van der Waals surface area contributed by atoms with Crippen LogP contribution < -0.4 is 19.7 Å². The molecule has 2 aromatic carbocycles. The molecule has 2 aromatic rings. The van der Waals surface area contributed by atoms with Crippen molar-refractivity contribution in [1.82, 2.24) is 5.32 Å². The topological polar surface area (TPSA) is 50.8 Å². The third kappa shape index (κ3) is 4.16. The number of amides is 1. The SMILES string of the molecule is COc1ccc(CNC(=O)c2ccc(N(C)C)cc2)cc1OC. The summed E-state index contributed by atoms with van der Waals surface area (Å²) in [5.41, 5.74) is 2.64. The summed E-state index contributed by atoms with van der Waals surface area (Å²) in [7, 11) is 7.11. The zero-order chi connectivity index (χ0) is 16.8. The van der Waals surface area contributed by atoms with Crippen LogP contribution in [0.2, 0.25) is 0 Å². The Kier molecular flexibility index (Phi) is 5.46. The van der Waals surface area contributed by atoms with E-state index >= 15 is 0 Å². The van der Waals surface area contributed by atoms with Gasteiger partial charge in [0.05, 0.1) is 14.2 Å². The van der Waals surface area contributed by atoms with Gasteiger partial charge in [0.25, 0.3) is 5.91 Å². The fraction of sp³-hybridized carbons (Fsp3) is 0.278. The quantitative estimate of drug-likeness (QED) is 0.891. The summed E-state index contributed by atoms with van der Waals surface area (Å²) < 4.78 is 10.5. The van der Waals surface area contributed by atoms with Gasteiger partial charge in [-0.25, -0.2) is 0 Å². The van der Waals surface area contributed by atoms with Gasteiger partial charge in [-0.2, -0.15) is 0 Å². The number of rotatable bonds is 6. The van der Waals surface area contributed by atoms with Gasteiger partial charge in [0.1, 0.15) is 0 Å². The fourth-order valence-electron chi connectivity index (χ4n) is 2.19. The van der Waals surface area contributed by atoms with E-state index in [4.69, 9.17) is 9.47 Å². The summed E-state index contributed by atoms with van der Waals surface area (Å²) in [6.45, 7) is 0.425. The van der Waals surface area contributed by atoms with Crippen molar-refractivity contribution < 1.29 is 14.3 Å². The Hall–Kier alpha value is -2.69. The number of carbonyl (C=O) groups is 1. The van der Waals surface area contributed by atoms with Crippen molar-refractivity contribution in [2.75, 3.05) is 33.2 Å². The van der Waals surface area contributed by atoms with Gasteiger partial charge in [-0.3, -0.25) is 4.79 Å². The molecule has 23 heavy (non-hydrogen) atoms. The van der Waals surface area contributed by atoms with Gasteiger partial charge >= 0.3 is 0 Å². The van der Waals surface area contributed by atoms with Crippen molar-refractivity contribution >= 4 is 11.6 Å². The first kappa shape index (κ1) is 16.7. The number of hydrogen-bond acceptors (Lipinski definition) is 4. The molecular formula is C18H22N2O3. The van der Waals surface area contributed by atoms with Crippen molar-refractivity contribution in [3.8, 4) is 11.5 Å². The Labute approximate surface area is 136 Å². The molecule has 0 heterocycles. The first-order chi connectivity index (χ1) is 11.0. The molecule has 0 unspecified atom stereocenters. The van der Waals surface area contributed by atoms with Gasteiger partial charge < -0.3 is 19.7 Å². The van der Waals surface area contributed by atoms with Crippen LogP contribution in [0, 0.1) is 0 Å². The maximum absolute atomic E-state index is 12.2. The lowest BCUT2D eigenvalue weighted by molar-refractivity contribution is 0.0951. The summed E-state index contributed by atoms with van der Waals surface area (Å²) in [6.07, 6.45) is 0. The van der Waals surface area contributed by atoms with E-state index in [1.54, 1.807) is 14.2 Å². The molecule has 0 aliphatic carbocycles. The van der Waals surface area contributed by atoms with Crippen molar-refractivity contribution in [2.45, 2.75) is 6.54 Å². The Morgan fingerprint density at radius 3 is 2.22 bits per heavy atom. The Morgan fingerprint density at radius 2 is 1.65 bits per heavy atom. The highest BCUT2D eigenvalue weighted by molar-refractivity contribution is 5.94. The predicted molar refractivity (Wildman–Crippen MR) is 91.5 cm³/mol. The van der Waals surface area contributed by atoms with Crippen LogP contribution in [0.15, 0.2) is 42.5 Å². The van der Waals surface area contributed by atoms with Crippen LogP contribution in [-0.4, -0.2) is 34.2 Å². The molecule has 0 spiro atoms. The summed E-state index contributed by atoms with van der Waals surface area (Å²) in [5, 5.41) is 2.90. The minimum Gasteiger partial charge on any atom is -0.493 e. The largest absolute Gasteiger partial charge is 0.493 e. The maximum atomic E-state index is 12.2. The molecule has 0 bridgehead atoms. The zero-order valence-electron chi connectivity index (χ0n) is 13.9. The van der Waals surface area contributed by atoms with Crippen molar-refractivity contribution in [3.63, 3.8) is 0 Å². The number of anilines is 1. The highest BCUT2D eigenvalue weighted by Crippen LogP contribution is 2.27. The van der Waals surface area contributed by atoms with Crippen LogP contribution >= 0.6 is 0 Å². The number of ether oxygens (including phenoxy) is 2. The molecule has 0 aliphatic heterocycles. The van der Waals surface area contributed by atoms with Crippen LogP contribution in [0.3, 0.4) is 0 Å². The van der Waals surface area contributed by atoms with E-state index in [1.807, 2.05) is 61.5 Å². The smallest absolute Gasteiger partial charge is 0.251 e. The average molecular weight is 314 g/mol. The molecule has 0 saturated carbocycles. The highest BCUT2D eigenvalue weighted by atomic mass is 16.5. The Bertz CT molecular complexity index is 666. The van der Waals surface area contributed by atoms with E-state index in [0.717, 1.165) is 11.3 Å². The number of carbonyl (C=O) groups excluding carboxylic acids is 1. The molecule has 5 nitrogen and oxygen atoms in total. The molecule has 0 radical (unpaired) electrons. The second-order valence-corrected chi connectivity index (χ2v) is 5.31. The average Bonchev–Trinajstić information content (AvgIpc) is 2.59. The van der Waals surface area contributed by atoms with Gasteiger partial charge in [-0.1, -0.05) is 6.07 Å². The van der Waals surface area contributed by atoms with E-state index in [9.17, 15) is 4.79 Å². The van der Waals surface area contributed by atoms with Crippen molar-refractivity contribution in [2.24, 2.45) is 0 Å². The first-order valence-corrected chi connectivity index (χ1v) is 7.31. The lowest BCUT2D eigenvalue weighted by Gasteiger charge is -2.13. The summed E-state index contributed by atoms with van der Waals surface area (Å²) in [6, 6.07) is 13.1. The lowest BCUT2D eigenvalue weighted by atomic mass is 10.1. The number of hydrogen-bond donors (Lipinski definition) is 1. The van der Waals surface area contributed by atoms with Crippen molar-refractivity contribution in [1.29, 1.82) is 0 Å². The molecule has 0 saturated heterocycles. The maximum Gasteiger partial charge on any atom is 0.251 e. The number of benzene rings is 2. The minimum atomic E-state index is -0.106. The minimum absolute atomic E-state index is 0.106. The van der Waals surface area contributed by atoms with Crippen LogP contribution in [0.4, 0.5) is 5.69 Å². The van der Waals surface area contributed by atoms with Crippen LogP contribution in [0.1, 0.15) is 15.9 Å². The van der Waals surface area contributed by atoms with Crippen LogP contribution in [0.5, 0.6) is 11.5 Å². The number of nitrogens with zero attached hydrogens (tertiary/aromatic N) is 1. The molecule has 0 aliphatic rings. The van der Waals surface area contributed by atoms with Gasteiger partial charge in [0, 0.05) is 31.9 Å². The molecule has 0 fully saturated rings. The van der Waals surface area contributed by atoms with E-state index in [0.29, 0.717) is 23.6 Å². The van der Waals surface area contributed by atoms with Gasteiger partial charge in [0.2, 0.25) is 0 Å². The second-order valence-electron chi connectivity index (χ2n) is 5.31. The summed E-state index contributed by atoms with van der Waals surface area (Å²) in [4.78, 5) is 14.2. The molecule has 1 N–H and O–H groups in total. The van der Waals surface area contributed by atoms with Gasteiger partial charge in [0.15, 0.2) is 11.5 Å². The van der Waals surface area contributed by atoms with E-state index in [2.05, 4.69) is 5.32 Å². The highest BCUT2D eigenvalue weighted by Gasteiger charge is 2.08. The van der Waals surface area contributed by atoms with Gasteiger partial charge in [-0.05, 0) is 42.0 Å². The van der Waals surface area contributed by atoms with E-state index in [1.165, 1.54) is 0 Å². The van der Waals surface area contributed by atoms with Crippen LogP contribution in [-0.2, 0) is 6.54 Å². The second kappa shape index (κ2) is 7.54. The van der Waals surface area contributed by atoms with E-state index in [-0.39, 0.29) is 5.91 Å². The van der Waals surface area contributed by atoms with Crippen molar-refractivity contribution in [3.05, 3.63) is 53.6 Å². The lowest BCUT2D eigenvalue weighted by Crippen LogP contribution is -2.22. The molecule has 2 rings (SSSR count). The molecular weight excluding hydrogens is 292 g/mol. The summed E-state index contributed by atoms with van der Waals surface area (Å²) >= 11 is 0. The first-order valence-electron chi connectivity index (χ1n) is 7.31. The molecule has 0 aromatic heterocycles. The molecule has 1 amide bonds. The Morgan fingerprint density at radius 1 is 1.00 bits per heavy atom. The third-order valence-electron chi connectivity index (χ3n) is 3.55. The summed E-state index contributed by atoms with van der Waals surface area (Å²) in [5.74, 6) is 1.21. The van der Waals surface area contributed by atoms with Gasteiger partial charge in [-0.15, -0.1) is 0 Å². The monoisotopic (exact) mass is 314 g/mol.